The zero-order valence-electron chi connectivity index (χ0n) is 15.3. The van der Waals surface area contributed by atoms with Gasteiger partial charge in [0.1, 0.15) is 5.52 Å². The van der Waals surface area contributed by atoms with E-state index >= 15 is 0 Å². The molecule has 1 saturated carbocycles. The monoisotopic (exact) mass is 353 g/mol. The van der Waals surface area contributed by atoms with Crippen LogP contribution >= 0.6 is 0 Å². The van der Waals surface area contributed by atoms with Gasteiger partial charge in [-0.3, -0.25) is 4.79 Å². The second-order valence-electron chi connectivity index (χ2n) is 8.15. The minimum absolute atomic E-state index is 0.0725. The SMILES string of the molecule is O=C(NCC1CC1)C1CCCN(c2nccn3nc4c(c23)CCCC4)C1. The van der Waals surface area contributed by atoms with Gasteiger partial charge >= 0.3 is 0 Å². The lowest BCUT2D eigenvalue weighted by Gasteiger charge is -2.33. The zero-order valence-corrected chi connectivity index (χ0v) is 15.3. The molecule has 0 radical (unpaired) electrons. The molecule has 1 saturated heterocycles. The molecule has 26 heavy (non-hydrogen) atoms. The fourth-order valence-corrected chi connectivity index (χ4v) is 4.47. The quantitative estimate of drug-likeness (QED) is 0.916. The highest BCUT2D eigenvalue weighted by Gasteiger charge is 2.30. The number of rotatable bonds is 4. The highest BCUT2D eigenvalue weighted by molar-refractivity contribution is 5.80. The Kier molecular flexibility index (Phi) is 4.06. The van der Waals surface area contributed by atoms with Crippen LogP contribution in [0.2, 0.25) is 0 Å². The maximum Gasteiger partial charge on any atom is 0.224 e. The lowest BCUT2D eigenvalue weighted by atomic mass is 9.95. The van der Waals surface area contributed by atoms with E-state index in [4.69, 9.17) is 10.1 Å². The van der Waals surface area contributed by atoms with Crippen LogP contribution in [0.1, 0.15) is 49.8 Å². The Morgan fingerprint density at radius 3 is 2.96 bits per heavy atom. The first-order valence-electron chi connectivity index (χ1n) is 10.2. The average Bonchev–Trinajstić information content (AvgIpc) is 3.44. The van der Waals surface area contributed by atoms with Crippen LogP contribution < -0.4 is 10.2 Å². The molecule has 6 heteroatoms. The van der Waals surface area contributed by atoms with Crippen LogP contribution in [-0.2, 0) is 17.6 Å². The predicted molar refractivity (Wildman–Crippen MR) is 100 cm³/mol. The first-order chi connectivity index (χ1) is 12.8. The van der Waals surface area contributed by atoms with Crippen molar-refractivity contribution in [1.29, 1.82) is 0 Å². The van der Waals surface area contributed by atoms with Crippen molar-refractivity contribution in [3.8, 4) is 0 Å². The van der Waals surface area contributed by atoms with Crippen molar-refractivity contribution in [3.05, 3.63) is 23.7 Å². The van der Waals surface area contributed by atoms with Crippen LogP contribution in [0.5, 0.6) is 0 Å². The van der Waals surface area contributed by atoms with E-state index < -0.39 is 0 Å². The van der Waals surface area contributed by atoms with Crippen molar-refractivity contribution in [2.75, 3.05) is 24.5 Å². The molecule has 1 unspecified atom stereocenters. The standard InChI is InChI=1S/C20H27N5O/c26-20(22-12-14-7-8-14)15-4-3-10-24(13-15)19-18-16-5-1-2-6-17(16)23-25(18)11-9-21-19/h9,11,14-15H,1-8,10,12-13H2,(H,22,26). The Bertz CT molecular complexity index is 825. The maximum absolute atomic E-state index is 12.6. The summed E-state index contributed by atoms with van der Waals surface area (Å²) in [6.45, 7) is 2.60. The molecule has 2 aliphatic carbocycles. The van der Waals surface area contributed by atoms with Gasteiger partial charge in [-0.1, -0.05) is 0 Å². The molecule has 5 rings (SSSR count). The number of piperidine rings is 1. The van der Waals surface area contributed by atoms with Gasteiger partial charge in [-0.2, -0.15) is 5.10 Å². The number of anilines is 1. The maximum atomic E-state index is 12.6. The molecule has 0 spiro atoms. The molecule has 1 aliphatic heterocycles. The van der Waals surface area contributed by atoms with Gasteiger partial charge in [0.25, 0.3) is 0 Å². The highest BCUT2D eigenvalue weighted by Crippen LogP contribution is 2.32. The van der Waals surface area contributed by atoms with E-state index in [-0.39, 0.29) is 11.8 Å². The summed E-state index contributed by atoms with van der Waals surface area (Å²) in [7, 11) is 0. The molecule has 3 heterocycles. The number of fused-ring (bicyclic) bond motifs is 3. The van der Waals surface area contributed by atoms with Crippen LogP contribution in [0.4, 0.5) is 5.82 Å². The molecule has 3 aliphatic rings. The molecule has 1 amide bonds. The summed E-state index contributed by atoms with van der Waals surface area (Å²) in [6.07, 6.45) is 13.0. The topological polar surface area (TPSA) is 62.5 Å². The molecule has 138 valence electrons. The normalized spacial score (nSPS) is 23.1. The molecule has 1 N–H and O–H groups in total. The van der Waals surface area contributed by atoms with Gasteiger partial charge in [-0.25, -0.2) is 9.50 Å². The fourth-order valence-electron chi connectivity index (χ4n) is 4.47. The molecule has 0 bridgehead atoms. The van der Waals surface area contributed by atoms with Gasteiger partial charge in [0.15, 0.2) is 5.82 Å². The first kappa shape index (κ1) is 16.1. The number of nitrogens with one attached hydrogen (secondary N) is 1. The van der Waals surface area contributed by atoms with Crippen molar-refractivity contribution >= 4 is 17.2 Å². The smallest absolute Gasteiger partial charge is 0.224 e. The number of carbonyl (C=O) groups is 1. The van der Waals surface area contributed by atoms with Crippen molar-refractivity contribution < 1.29 is 4.79 Å². The number of hydrogen-bond acceptors (Lipinski definition) is 4. The van der Waals surface area contributed by atoms with Crippen molar-refractivity contribution in [3.63, 3.8) is 0 Å². The third-order valence-corrected chi connectivity index (χ3v) is 6.15. The minimum Gasteiger partial charge on any atom is -0.356 e. The van der Waals surface area contributed by atoms with Gasteiger partial charge in [0, 0.05) is 37.6 Å². The molecule has 6 nitrogen and oxygen atoms in total. The third kappa shape index (κ3) is 2.95. The molecular formula is C20H27N5O. The van der Waals surface area contributed by atoms with Gasteiger partial charge in [0.2, 0.25) is 5.91 Å². The molecular weight excluding hydrogens is 326 g/mol. The predicted octanol–water partition coefficient (Wildman–Crippen LogP) is 2.35. The van der Waals surface area contributed by atoms with E-state index in [1.54, 1.807) is 0 Å². The van der Waals surface area contributed by atoms with E-state index in [2.05, 4.69) is 10.2 Å². The van der Waals surface area contributed by atoms with E-state index in [9.17, 15) is 4.79 Å². The number of nitrogens with zero attached hydrogens (tertiary/aromatic N) is 4. The van der Waals surface area contributed by atoms with Gasteiger partial charge in [0.05, 0.1) is 11.6 Å². The van der Waals surface area contributed by atoms with Gasteiger partial charge in [-0.05, 0) is 57.3 Å². The van der Waals surface area contributed by atoms with Crippen LogP contribution in [0, 0.1) is 11.8 Å². The number of carbonyl (C=O) groups excluding carboxylic acids is 1. The molecule has 0 aromatic carbocycles. The fraction of sp³-hybridized carbons (Fsp3) is 0.650. The number of amides is 1. The summed E-state index contributed by atoms with van der Waals surface area (Å²) in [5.41, 5.74) is 3.78. The van der Waals surface area contributed by atoms with Crippen molar-refractivity contribution in [2.45, 2.75) is 51.4 Å². The summed E-state index contributed by atoms with van der Waals surface area (Å²) >= 11 is 0. The van der Waals surface area contributed by atoms with E-state index in [1.165, 1.54) is 42.5 Å². The minimum atomic E-state index is 0.0725. The highest BCUT2D eigenvalue weighted by atomic mass is 16.1. The Morgan fingerprint density at radius 2 is 2.08 bits per heavy atom. The summed E-state index contributed by atoms with van der Waals surface area (Å²) in [4.78, 5) is 19.6. The first-order valence-corrected chi connectivity index (χ1v) is 10.2. The summed E-state index contributed by atoms with van der Waals surface area (Å²) < 4.78 is 2.01. The lowest BCUT2D eigenvalue weighted by molar-refractivity contribution is -0.125. The van der Waals surface area contributed by atoms with Crippen molar-refractivity contribution in [2.24, 2.45) is 11.8 Å². The second-order valence-corrected chi connectivity index (χ2v) is 8.15. The van der Waals surface area contributed by atoms with E-state index in [1.807, 2.05) is 16.9 Å². The summed E-state index contributed by atoms with van der Waals surface area (Å²) in [5, 5.41) is 7.95. The Morgan fingerprint density at radius 1 is 1.19 bits per heavy atom. The van der Waals surface area contributed by atoms with E-state index in [0.29, 0.717) is 0 Å². The van der Waals surface area contributed by atoms with Crippen LogP contribution in [-0.4, -0.2) is 40.1 Å². The second kappa shape index (κ2) is 6.56. The molecule has 2 aromatic heterocycles. The molecule has 1 atom stereocenters. The zero-order chi connectivity index (χ0) is 17.5. The lowest BCUT2D eigenvalue weighted by Crippen LogP contribution is -2.44. The summed E-state index contributed by atoms with van der Waals surface area (Å²) in [5.74, 6) is 2.04. The van der Waals surface area contributed by atoms with Gasteiger partial charge < -0.3 is 10.2 Å². The Labute approximate surface area is 154 Å². The van der Waals surface area contributed by atoms with Crippen LogP contribution in [0.3, 0.4) is 0 Å². The van der Waals surface area contributed by atoms with Crippen molar-refractivity contribution in [1.82, 2.24) is 19.9 Å². The Balaban J connectivity index is 1.40. The Hall–Kier alpha value is -2.11. The van der Waals surface area contributed by atoms with E-state index in [0.717, 1.165) is 57.1 Å². The average molecular weight is 353 g/mol. The third-order valence-electron chi connectivity index (χ3n) is 6.15. The largest absolute Gasteiger partial charge is 0.356 e. The molecule has 2 fully saturated rings. The van der Waals surface area contributed by atoms with Crippen LogP contribution in [0.15, 0.2) is 12.4 Å². The van der Waals surface area contributed by atoms with Gasteiger partial charge in [-0.15, -0.1) is 0 Å². The van der Waals surface area contributed by atoms with Crippen LogP contribution in [0.25, 0.3) is 5.52 Å². The number of aryl methyl sites for hydroxylation is 2. The summed E-state index contributed by atoms with van der Waals surface area (Å²) in [6, 6.07) is 0. The molecule has 2 aromatic rings. The number of hydrogen-bond donors (Lipinski definition) is 1. The number of aromatic nitrogens is 3.